The van der Waals surface area contributed by atoms with Gasteiger partial charge in [0.25, 0.3) is 5.56 Å². The van der Waals surface area contributed by atoms with Crippen molar-refractivity contribution in [2.24, 2.45) is 7.05 Å². The number of ether oxygens (including phenoxy) is 1. The Balaban J connectivity index is 2.03. The summed E-state index contributed by atoms with van der Waals surface area (Å²) in [5, 5.41) is 19.5. The van der Waals surface area contributed by atoms with Crippen LogP contribution in [0.3, 0.4) is 0 Å². The molecule has 0 aliphatic rings. The number of nitriles is 1. The Bertz CT molecular complexity index is 882. The first-order chi connectivity index (χ1) is 11.4. The van der Waals surface area contributed by atoms with Crippen LogP contribution in [0.1, 0.15) is 11.1 Å². The molecule has 1 N–H and O–H groups in total. The highest BCUT2D eigenvalue weighted by atomic mass is 35.5. The Morgan fingerprint density at radius 2 is 2.08 bits per heavy atom. The van der Waals surface area contributed by atoms with Crippen molar-refractivity contribution in [3.8, 4) is 6.07 Å². The van der Waals surface area contributed by atoms with E-state index in [1.807, 2.05) is 6.07 Å². The lowest BCUT2D eigenvalue weighted by molar-refractivity contribution is 0.0191. The summed E-state index contributed by atoms with van der Waals surface area (Å²) >= 11 is 6.00. The Labute approximate surface area is 142 Å². The number of nitrogens with zero attached hydrogens (tertiary/aromatic N) is 3. The first-order valence-electron chi connectivity index (χ1n) is 7.13. The van der Waals surface area contributed by atoms with Crippen LogP contribution in [0.5, 0.6) is 0 Å². The molecule has 2 aromatic rings. The highest BCUT2D eigenvalue weighted by Crippen LogP contribution is 2.15. The van der Waals surface area contributed by atoms with E-state index in [-0.39, 0.29) is 25.3 Å². The summed E-state index contributed by atoms with van der Waals surface area (Å²) in [6.45, 7) is -0.150. The minimum atomic E-state index is -1.08. The SMILES string of the molecule is Cn1cc(C#N)c(=O)n(CC(O)COCc2ccccc2Cl)c1=O. The molecule has 0 amide bonds. The zero-order chi connectivity index (χ0) is 17.7. The number of rotatable bonds is 6. The molecule has 1 unspecified atom stereocenters. The molecule has 0 fully saturated rings. The van der Waals surface area contributed by atoms with Crippen LogP contribution in [0, 0.1) is 11.3 Å². The van der Waals surface area contributed by atoms with Gasteiger partial charge in [0.15, 0.2) is 0 Å². The maximum atomic E-state index is 12.0. The van der Waals surface area contributed by atoms with Crippen molar-refractivity contribution in [1.29, 1.82) is 5.26 Å². The van der Waals surface area contributed by atoms with Crippen molar-refractivity contribution in [3.63, 3.8) is 0 Å². The molecule has 0 spiro atoms. The van der Waals surface area contributed by atoms with E-state index in [4.69, 9.17) is 21.6 Å². The van der Waals surface area contributed by atoms with Crippen molar-refractivity contribution < 1.29 is 9.84 Å². The molecule has 0 saturated heterocycles. The first-order valence-corrected chi connectivity index (χ1v) is 7.51. The number of hydrogen-bond donors (Lipinski definition) is 1. The molecule has 24 heavy (non-hydrogen) atoms. The second-order valence-corrected chi connectivity index (χ2v) is 5.63. The van der Waals surface area contributed by atoms with Crippen molar-refractivity contribution in [2.45, 2.75) is 19.3 Å². The van der Waals surface area contributed by atoms with E-state index in [1.54, 1.807) is 24.3 Å². The molecule has 126 valence electrons. The molecular weight excluding hydrogens is 334 g/mol. The van der Waals surface area contributed by atoms with Crippen LogP contribution in [0.15, 0.2) is 40.1 Å². The van der Waals surface area contributed by atoms with E-state index in [1.165, 1.54) is 13.2 Å². The van der Waals surface area contributed by atoms with E-state index >= 15 is 0 Å². The monoisotopic (exact) mass is 349 g/mol. The van der Waals surface area contributed by atoms with Gasteiger partial charge in [-0.25, -0.2) is 4.79 Å². The van der Waals surface area contributed by atoms with Crippen LogP contribution in [-0.2, 0) is 24.9 Å². The Morgan fingerprint density at radius 1 is 1.38 bits per heavy atom. The van der Waals surface area contributed by atoms with Gasteiger partial charge in [-0.05, 0) is 11.6 Å². The van der Waals surface area contributed by atoms with E-state index in [0.717, 1.165) is 14.7 Å². The zero-order valence-corrected chi connectivity index (χ0v) is 13.7. The van der Waals surface area contributed by atoms with Gasteiger partial charge < -0.3 is 14.4 Å². The Hall–Kier alpha value is -2.40. The molecule has 8 heteroatoms. The van der Waals surface area contributed by atoms with E-state index < -0.39 is 17.4 Å². The summed E-state index contributed by atoms with van der Waals surface area (Å²) in [6, 6.07) is 8.87. The lowest BCUT2D eigenvalue weighted by Gasteiger charge is -2.14. The number of halogens is 1. The highest BCUT2D eigenvalue weighted by Gasteiger charge is 2.14. The molecule has 2 rings (SSSR count). The molecule has 0 saturated carbocycles. The summed E-state index contributed by atoms with van der Waals surface area (Å²) in [7, 11) is 1.43. The molecule has 0 bridgehead atoms. The van der Waals surface area contributed by atoms with Gasteiger partial charge in [-0.3, -0.25) is 9.36 Å². The largest absolute Gasteiger partial charge is 0.389 e. The van der Waals surface area contributed by atoms with Gasteiger partial charge in [0.1, 0.15) is 11.6 Å². The normalized spacial score (nSPS) is 11.9. The van der Waals surface area contributed by atoms with E-state index in [2.05, 4.69) is 0 Å². The third-order valence-electron chi connectivity index (χ3n) is 3.37. The molecule has 1 aromatic heterocycles. The molecular formula is C16H16ClN3O4. The summed E-state index contributed by atoms with van der Waals surface area (Å²) in [5.74, 6) is 0. The van der Waals surface area contributed by atoms with Crippen molar-refractivity contribution in [1.82, 2.24) is 9.13 Å². The van der Waals surface area contributed by atoms with Crippen LogP contribution in [0.4, 0.5) is 0 Å². The van der Waals surface area contributed by atoms with Gasteiger partial charge in [-0.15, -0.1) is 0 Å². The number of benzene rings is 1. The molecule has 0 aliphatic carbocycles. The topological polar surface area (TPSA) is 97.2 Å². The third-order valence-corrected chi connectivity index (χ3v) is 3.74. The van der Waals surface area contributed by atoms with Crippen LogP contribution in [-0.4, -0.2) is 27.0 Å². The smallest absolute Gasteiger partial charge is 0.330 e. The average Bonchev–Trinajstić information content (AvgIpc) is 2.56. The van der Waals surface area contributed by atoms with Crippen LogP contribution in [0.2, 0.25) is 5.02 Å². The lowest BCUT2D eigenvalue weighted by atomic mass is 10.2. The first kappa shape index (κ1) is 17.9. The number of aliphatic hydroxyl groups is 1. The molecule has 7 nitrogen and oxygen atoms in total. The van der Waals surface area contributed by atoms with Gasteiger partial charge in [-0.2, -0.15) is 5.26 Å². The Morgan fingerprint density at radius 3 is 2.75 bits per heavy atom. The van der Waals surface area contributed by atoms with Gasteiger partial charge in [0.05, 0.1) is 25.9 Å². The summed E-state index contributed by atoms with van der Waals surface area (Å²) in [6.07, 6.45) is 0.0911. The Kier molecular flexibility index (Phi) is 5.93. The maximum Gasteiger partial charge on any atom is 0.330 e. The molecule has 1 heterocycles. The zero-order valence-electron chi connectivity index (χ0n) is 13.0. The minimum Gasteiger partial charge on any atom is -0.389 e. The van der Waals surface area contributed by atoms with Crippen molar-refractivity contribution in [3.05, 3.63) is 67.4 Å². The number of aryl methyl sites for hydroxylation is 1. The quantitative estimate of drug-likeness (QED) is 0.825. The van der Waals surface area contributed by atoms with Gasteiger partial charge >= 0.3 is 5.69 Å². The standard InChI is InChI=1S/C16H16ClN3O4/c1-19-7-12(6-18)15(22)20(16(19)23)8-13(21)10-24-9-11-4-2-3-5-14(11)17/h2-5,7,13,21H,8-10H2,1H3. The number of hydrogen-bond acceptors (Lipinski definition) is 5. The summed E-state index contributed by atoms with van der Waals surface area (Å²) < 4.78 is 7.32. The second kappa shape index (κ2) is 7.93. The fourth-order valence-corrected chi connectivity index (χ4v) is 2.34. The highest BCUT2D eigenvalue weighted by molar-refractivity contribution is 6.31. The number of aliphatic hydroxyl groups excluding tert-OH is 1. The van der Waals surface area contributed by atoms with Crippen molar-refractivity contribution in [2.75, 3.05) is 6.61 Å². The fraction of sp³-hybridized carbons (Fsp3) is 0.312. The van der Waals surface area contributed by atoms with Crippen molar-refractivity contribution >= 4 is 11.6 Å². The molecule has 0 aliphatic heterocycles. The van der Waals surface area contributed by atoms with Gasteiger partial charge in [0, 0.05) is 18.3 Å². The third kappa shape index (κ3) is 4.11. The predicted molar refractivity (Wildman–Crippen MR) is 87.8 cm³/mol. The van der Waals surface area contributed by atoms with Crippen LogP contribution in [0.25, 0.3) is 0 Å². The second-order valence-electron chi connectivity index (χ2n) is 5.22. The van der Waals surface area contributed by atoms with Crippen LogP contribution < -0.4 is 11.2 Å². The average molecular weight is 350 g/mol. The molecule has 1 atom stereocenters. The molecule has 1 aromatic carbocycles. The maximum absolute atomic E-state index is 12.0. The predicted octanol–water partition coefficient (Wildman–Crippen LogP) is 0.650. The van der Waals surface area contributed by atoms with E-state index in [9.17, 15) is 14.7 Å². The minimum absolute atomic E-state index is 0.0857. The van der Waals surface area contributed by atoms with Gasteiger partial charge in [-0.1, -0.05) is 29.8 Å². The van der Waals surface area contributed by atoms with E-state index in [0.29, 0.717) is 5.02 Å². The summed E-state index contributed by atoms with van der Waals surface area (Å²) in [5.41, 5.74) is -0.734. The van der Waals surface area contributed by atoms with Crippen LogP contribution >= 0.6 is 11.6 Å². The molecule has 0 radical (unpaired) electrons. The van der Waals surface area contributed by atoms with Gasteiger partial charge in [0.2, 0.25) is 0 Å². The fourth-order valence-electron chi connectivity index (χ4n) is 2.15. The lowest BCUT2D eigenvalue weighted by Crippen LogP contribution is -2.43. The summed E-state index contributed by atoms with van der Waals surface area (Å²) in [4.78, 5) is 24.0. The number of aromatic nitrogens is 2.